The van der Waals surface area contributed by atoms with Crippen LogP contribution in [0, 0.1) is 0 Å². The third kappa shape index (κ3) is 5.71. The molecule has 4 saturated heterocycles. The third-order valence-electron chi connectivity index (χ3n) is 11.1. The fraction of sp³-hybridized carbons (Fsp3) is 0.359. The van der Waals surface area contributed by atoms with E-state index in [2.05, 4.69) is 37.3 Å². The van der Waals surface area contributed by atoms with Crippen LogP contribution in [0.1, 0.15) is 36.9 Å². The van der Waals surface area contributed by atoms with Crippen molar-refractivity contribution in [2.45, 2.75) is 49.9 Å². The second kappa shape index (κ2) is 12.5. The number of carbonyl (C=O) groups is 2. The first-order valence-corrected chi connectivity index (χ1v) is 18.4. The molecule has 3 aromatic heterocycles. The van der Waals surface area contributed by atoms with E-state index in [4.69, 9.17) is 42.9 Å². The first-order valence-electron chi connectivity index (χ1n) is 17.6. The smallest absolute Gasteiger partial charge is 0.237 e. The Kier molecular flexibility index (Phi) is 8.03. The van der Waals surface area contributed by atoms with Crippen molar-refractivity contribution >= 4 is 46.0 Å². The number of likely N-dealkylation sites (tertiary alicyclic amines) is 2. The maximum Gasteiger partial charge on any atom is 0.237 e. The third-order valence-corrected chi connectivity index (χ3v) is 11.9. The van der Waals surface area contributed by atoms with Gasteiger partial charge in [-0.3, -0.25) is 24.4 Å². The summed E-state index contributed by atoms with van der Waals surface area (Å²) in [5.74, 6) is 0.730. The van der Waals surface area contributed by atoms with Gasteiger partial charge in [0.05, 0.1) is 45.8 Å². The fourth-order valence-electron chi connectivity index (χ4n) is 8.60. The van der Waals surface area contributed by atoms with E-state index in [1.54, 1.807) is 13.3 Å². The van der Waals surface area contributed by atoms with E-state index >= 15 is 0 Å². The summed E-state index contributed by atoms with van der Waals surface area (Å²) in [7, 11) is 3.61. The number of fused-ring (bicyclic) bond motifs is 1. The number of pyridine rings is 1. The molecule has 52 heavy (non-hydrogen) atoms. The molecule has 13 heteroatoms. The largest absolute Gasteiger partial charge is 0.480 e. The molecule has 2 aromatic carbocycles. The van der Waals surface area contributed by atoms with Crippen molar-refractivity contribution < 1.29 is 14.3 Å². The van der Waals surface area contributed by atoms with Gasteiger partial charge in [0, 0.05) is 93.0 Å². The molecule has 4 aliphatic rings. The molecule has 11 nitrogen and oxygen atoms in total. The zero-order valence-electron chi connectivity index (χ0n) is 29.0. The van der Waals surface area contributed by atoms with Crippen LogP contribution in [0.2, 0.25) is 10.0 Å². The topological polar surface area (TPSA) is 118 Å². The van der Waals surface area contributed by atoms with Crippen molar-refractivity contribution in [3.8, 4) is 39.5 Å². The molecule has 0 atom stereocenters. The number of rotatable bonds is 8. The van der Waals surface area contributed by atoms with Crippen LogP contribution in [0.15, 0.2) is 60.9 Å². The SMILES string of the molecule is COc1nc(-c2cccc(-c3cccc(-c4ccc5c(CN6CC7(CCC(=O)N7)C6)cn(C)c5n4)c3Cl)c2Cl)cnc1CN1CC2(CCC(=O)N2)C1. The predicted molar refractivity (Wildman–Crippen MR) is 200 cm³/mol. The minimum atomic E-state index is -0.104. The molecule has 7 heterocycles. The molecule has 5 aromatic rings. The number of amides is 2. The van der Waals surface area contributed by atoms with Gasteiger partial charge in [0.1, 0.15) is 11.3 Å². The number of benzene rings is 2. The van der Waals surface area contributed by atoms with Crippen molar-refractivity contribution in [1.82, 2.24) is 40.0 Å². The monoisotopic (exact) mass is 736 g/mol. The number of hydrogen-bond acceptors (Lipinski definition) is 8. The van der Waals surface area contributed by atoms with Crippen molar-refractivity contribution in [3.05, 3.63) is 82.2 Å². The Labute approximate surface area is 311 Å². The lowest BCUT2D eigenvalue weighted by Gasteiger charge is -2.47. The van der Waals surface area contributed by atoms with Gasteiger partial charge in [-0.1, -0.05) is 59.6 Å². The zero-order chi connectivity index (χ0) is 35.8. The Morgan fingerprint density at radius 2 is 1.35 bits per heavy atom. The standard InChI is InChI=1S/C39H38Cl2N8O3/c1-47-16-23(17-48-19-38(20-48)13-11-32(50)45-38)24-9-10-29(43-36(24)47)27-7-3-5-25(34(27)40)26-6-4-8-28(35(26)41)30-15-42-31(37(44-30)52-2)18-49-21-39(22-49)14-12-33(51)46-39/h3-10,15-16H,11-14,17-22H2,1-2H3,(H,45,50)(H,46,51). The molecule has 2 amide bonds. The normalized spacial score (nSPS) is 19.2. The minimum Gasteiger partial charge on any atom is -0.480 e. The Morgan fingerprint density at radius 1 is 0.769 bits per heavy atom. The maximum atomic E-state index is 11.8. The van der Waals surface area contributed by atoms with Gasteiger partial charge in [-0.25, -0.2) is 9.97 Å². The molecular formula is C39H38Cl2N8O3. The summed E-state index contributed by atoms with van der Waals surface area (Å²) < 4.78 is 7.75. The van der Waals surface area contributed by atoms with Crippen molar-refractivity contribution in [3.63, 3.8) is 0 Å². The van der Waals surface area contributed by atoms with Gasteiger partial charge in [-0.05, 0) is 30.5 Å². The van der Waals surface area contributed by atoms with Crippen LogP contribution in [-0.4, -0.2) is 85.5 Å². The number of ether oxygens (including phenoxy) is 1. The molecule has 2 spiro atoms. The number of nitrogens with zero attached hydrogens (tertiary/aromatic N) is 6. The van der Waals surface area contributed by atoms with E-state index in [0.29, 0.717) is 46.6 Å². The molecule has 0 bridgehead atoms. The summed E-state index contributed by atoms with van der Waals surface area (Å²) in [4.78, 5) is 42.8. The molecule has 4 fully saturated rings. The lowest BCUT2D eigenvalue weighted by atomic mass is 9.88. The molecule has 266 valence electrons. The average molecular weight is 738 g/mol. The van der Waals surface area contributed by atoms with Crippen LogP contribution in [0.5, 0.6) is 5.88 Å². The zero-order valence-corrected chi connectivity index (χ0v) is 30.5. The van der Waals surface area contributed by atoms with E-state index in [1.807, 2.05) is 49.5 Å². The second-order valence-corrected chi connectivity index (χ2v) is 15.6. The Morgan fingerprint density at radius 3 is 1.92 bits per heavy atom. The number of aromatic nitrogens is 4. The summed E-state index contributed by atoms with van der Waals surface area (Å²) in [6, 6.07) is 15.9. The van der Waals surface area contributed by atoms with Crippen LogP contribution in [0.4, 0.5) is 0 Å². The summed E-state index contributed by atoms with van der Waals surface area (Å²) in [6.45, 7) is 4.71. The van der Waals surface area contributed by atoms with Crippen LogP contribution in [0.3, 0.4) is 0 Å². The van der Waals surface area contributed by atoms with Crippen LogP contribution >= 0.6 is 23.2 Å². The summed E-state index contributed by atoms with van der Waals surface area (Å²) in [6.07, 6.45) is 6.87. The van der Waals surface area contributed by atoms with Gasteiger partial charge in [0.25, 0.3) is 0 Å². The highest BCUT2D eigenvalue weighted by Gasteiger charge is 2.48. The van der Waals surface area contributed by atoms with Gasteiger partial charge in [0.15, 0.2) is 0 Å². The quantitative estimate of drug-likeness (QED) is 0.211. The molecule has 0 radical (unpaired) electrons. The molecular weight excluding hydrogens is 699 g/mol. The number of halogens is 2. The Hall–Kier alpha value is -4.55. The van der Waals surface area contributed by atoms with Gasteiger partial charge < -0.3 is 19.9 Å². The summed E-state index contributed by atoms with van der Waals surface area (Å²) in [5, 5.41) is 8.45. The highest BCUT2D eigenvalue weighted by molar-refractivity contribution is 6.39. The molecule has 0 aliphatic carbocycles. The van der Waals surface area contributed by atoms with E-state index in [-0.39, 0.29) is 22.9 Å². The predicted octanol–water partition coefficient (Wildman–Crippen LogP) is 5.61. The number of nitrogens with one attached hydrogen (secondary N) is 2. The fourth-order valence-corrected chi connectivity index (χ4v) is 9.25. The lowest BCUT2D eigenvalue weighted by Crippen LogP contribution is -2.66. The van der Waals surface area contributed by atoms with Crippen molar-refractivity contribution in [2.75, 3.05) is 33.3 Å². The Balaban J connectivity index is 0.955. The number of aryl methyl sites for hydroxylation is 1. The molecule has 0 saturated carbocycles. The van der Waals surface area contributed by atoms with Crippen LogP contribution < -0.4 is 15.4 Å². The van der Waals surface area contributed by atoms with Crippen LogP contribution in [-0.2, 0) is 29.7 Å². The first kappa shape index (κ1) is 33.3. The van der Waals surface area contributed by atoms with Gasteiger partial charge >= 0.3 is 0 Å². The average Bonchev–Trinajstić information content (AvgIpc) is 3.79. The first-order chi connectivity index (χ1) is 25.1. The molecule has 4 aliphatic heterocycles. The maximum absolute atomic E-state index is 11.8. The van der Waals surface area contributed by atoms with Gasteiger partial charge in [-0.2, -0.15) is 0 Å². The van der Waals surface area contributed by atoms with E-state index in [9.17, 15) is 9.59 Å². The highest BCUT2D eigenvalue weighted by atomic mass is 35.5. The van der Waals surface area contributed by atoms with E-state index in [0.717, 1.165) is 84.7 Å². The van der Waals surface area contributed by atoms with E-state index in [1.165, 1.54) is 5.56 Å². The van der Waals surface area contributed by atoms with Crippen molar-refractivity contribution in [1.29, 1.82) is 0 Å². The molecule has 2 N–H and O–H groups in total. The van der Waals surface area contributed by atoms with Gasteiger partial charge in [-0.15, -0.1) is 0 Å². The summed E-state index contributed by atoms with van der Waals surface area (Å²) >= 11 is 14.3. The highest BCUT2D eigenvalue weighted by Crippen LogP contribution is 2.43. The number of carbonyl (C=O) groups excluding carboxylic acids is 2. The van der Waals surface area contributed by atoms with Crippen LogP contribution in [0.25, 0.3) is 44.7 Å². The Bertz CT molecular complexity index is 2280. The van der Waals surface area contributed by atoms with Gasteiger partial charge in [0.2, 0.25) is 17.7 Å². The number of methoxy groups -OCH3 is 1. The van der Waals surface area contributed by atoms with E-state index < -0.39 is 0 Å². The molecule has 0 unspecified atom stereocenters. The molecule has 9 rings (SSSR count). The number of hydrogen-bond donors (Lipinski definition) is 2. The second-order valence-electron chi connectivity index (χ2n) is 14.8. The minimum absolute atomic E-state index is 0.0438. The lowest BCUT2D eigenvalue weighted by molar-refractivity contribution is -0.121. The summed E-state index contributed by atoms with van der Waals surface area (Å²) in [5.41, 5.74) is 7.12. The van der Waals surface area contributed by atoms with Crippen molar-refractivity contribution in [2.24, 2.45) is 7.05 Å².